The van der Waals surface area contributed by atoms with E-state index < -0.39 is 4.92 Å². The molecule has 2 fully saturated rings. The Bertz CT molecular complexity index is 1070. The molecule has 2 aliphatic heterocycles. The summed E-state index contributed by atoms with van der Waals surface area (Å²) >= 11 is 0. The van der Waals surface area contributed by atoms with Gasteiger partial charge in [0.05, 0.1) is 4.92 Å². The molecule has 2 N–H and O–H groups in total. The summed E-state index contributed by atoms with van der Waals surface area (Å²) in [6, 6.07) is 14.1. The fraction of sp³-hybridized carbons (Fsp3) is 0.500. The first-order valence-corrected chi connectivity index (χ1v) is 13.1. The Kier molecular flexibility index (Phi) is 10.2. The van der Waals surface area contributed by atoms with Crippen molar-refractivity contribution in [2.75, 3.05) is 60.1 Å². The normalized spacial score (nSPS) is 16.8. The van der Waals surface area contributed by atoms with Crippen LogP contribution < -0.4 is 5.73 Å². The second kappa shape index (κ2) is 13.3. The first-order valence-electron chi connectivity index (χ1n) is 13.1. The fourth-order valence-electron chi connectivity index (χ4n) is 4.89. The molecule has 0 radical (unpaired) electrons. The van der Waals surface area contributed by atoms with Gasteiger partial charge in [0.1, 0.15) is 0 Å². The molecule has 0 spiro atoms. The summed E-state index contributed by atoms with van der Waals surface area (Å²) in [5, 5.41) is 10.6. The van der Waals surface area contributed by atoms with Gasteiger partial charge in [-0.15, -0.1) is 0 Å². The van der Waals surface area contributed by atoms with E-state index in [0.29, 0.717) is 23.3 Å². The summed E-state index contributed by atoms with van der Waals surface area (Å²) < 4.78 is 0. The number of carbonyl (C=O) groups excluding carboxylic acids is 2. The van der Waals surface area contributed by atoms with Crippen molar-refractivity contribution < 1.29 is 14.5 Å². The zero-order valence-electron chi connectivity index (χ0n) is 22.9. The highest BCUT2D eigenvalue weighted by atomic mass is 16.6. The van der Waals surface area contributed by atoms with Crippen molar-refractivity contribution >= 4 is 23.2 Å². The predicted octanol–water partition coefficient (Wildman–Crippen LogP) is 3.20. The number of carbonyl (C=O) groups is 2. The Hall–Kier alpha value is -3.50. The van der Waals surface area contributed by atoms with Crippen LogP contribution in [-0.4, -0.2) is 103 Å². The average Bonchev–Trinajstić information content (AvgIpc) is 2.93. The van der Waals surface area contributed by atoms with Gasteiger partial charge in [0.15, 0.2) is 0 Å². The molecule has 2 aromatic carbocycles. The van der Waals surface area contributed by atoms with Crippen molar-refractivity contribution in [2.24, 2.45) is 0 Å². The van der Waals surface area contributed by atoms with Crippen LogP contribution in [-0.2, 0) is 0 Å². The van der Waals surface area contributed by atoms with Crippen LogP contribution in [0.25, 0.3) is 0 Å². The van der Waals surface area contributed by atoms with E-state index in [0.717, 1.165) is 57.4 Å². The number of nitro groups is 1. The molecule has 2 saturated heterocycles. The zero-order chi connectivity index (χ0) is 27.8. The SMILES string of the molecule is CN(C)C1CCN(C(=O)c2ccc(N)cc2)CC1.CN(C)C1CCN(C(=O)c2ccc([N+](=O)[O-])cc2)CC1. The Labute approximate surface area is 225 Å². The van der Waals surface area contributed by atoms with Gasteiger partial charge in [-0.25, -0.2) is 0 Å². The number of nitro benzene ring substituents is 1. The summed E-state index contributed by atoms with van der Waals surface area (Å²) in [4.78, 5) is 42.9. The van der Waals surface area contributed by atoms with E-state index in [4.69, 9.17) is 5.73 Å². The van der Waals surface area contributed by atoms with Crippen molar-refractivity contribution in [2.45, 2.75) is 37.8 Å². The van der Waals surface area contributed by atoms with Crippen molar-refractivity contribution in [3.63, 3.8) is 0 Å². The van der Waals surface area contributed by atoms with Crippen LogP contribution in [0.4, 0.5) is 11.4 Å². The highest BCUT2D eigenvalue weighted by molar-refractivity contribution is 5.95. The van der Waals surface area contributed by atoms with E-state index in [-0.39, 0.29) is 17.5 Å². The number of piperidine rings is 2. The van der Waals surface area contributed by atoms with Crippen LogP contribution in [0.2, 0.25) is 0 Å². The number of benzene rings is 2. The number of nitrogen functional groups attached to an aromatic ring is 1. The highest BCUT2D eigenvalue weighted by Crippen LogP contribution is 2.19. The number of nitrogens with zero attached hydrogens (tertiary/aromatic N) is 5. The van der Waals surface area contributed by atoms with Crippen LogP contribution in [0.5, 0.6) is 0 Å². The molecule has 0 unspecified atom stereocenters. The largest absolute Gasteiger partial charge is 0.399 e. The lowest BCUT2D eigenvalue weighted by Crippen LogP contribution is -2.44. The molecule has 0 aromatic heterocycles. The van der Waals surface area contributed by atoms with Gasteiger partial charge in [0.2, 0.25) is 0 Å². The molecule has 206 valence electrons. The lowest BCUT2D eigenvalue weighted by Gasteiger charge is -2.35. The van der Waals surface area contributed by atoms with Gasteiger partial charge in [-0.1, -0.05) is 0 Å². The summed E-state index contributed by atoms with van der Waals surface area (Å²) in [5.74, 6) is 0.0734. The number of rotatable bonds is 5. The molecule has 10 heteroatoms. The van der Waals surface area contributed by atoms with E-state index in [9.17, 15) is 19.7 Å². The Morgan fingerprint density at radius 3 is 1.39 bits per heavy atom. The molecule has 4 rings (SSSR count). The maximum absolute atomic E-state index is 12.3. The minimum atomic E-state index is -0.461. The number of nitrogens with two attached hydrogens (primary N) is 1. The molecule has 2 aromatic rings. The van der Waals surface area contributed by atoms with Gasteiger partial charge in [-0.05, 0) is 90.3 Å². The van der Waals surface area contributed by atoms with Gasteiger partial charge in [-0.2, -0.15) is 0 Å². The molecule has 0 bridgehead atoms. The monoisotopic (exact) mass is 524 g/mol. The smallest absolute Gasteiger partial charge is 0.269 e. The second-order valence-corrected chi connectivity index (χ2v) is 10.4. The van der Waals surface area contributed by atoms with E-state index in [1.165, 1.54) is 24.3 Å². The Morgan fingerprint density at radius 1 is 0.737 bits per heavy atom. The van der Waals surface area contributed by atoms with Crippen molar-refractivity contribution in [1.29, 1.82) is 0 Å². The minimum Gasteiger partial charge on any atom is -0.399 e. The van der Waals surface area contributed by atoms with Gasteiger partial charge < -0.3 is 25.3 Å². The van der Waals surface area contributed by atoms with E-state index in [1.807, 2.05) is 9.80 Å². The predicted molar refractivity (Wildman–Crippen MR) is 149 cm³/mol. The highest BCUT2D eigenvalue weighted by Gasteiger charge is 2.25. The summed E-state index contributed by atoms with van der Waals surface area (Å²) in [6.07, 6.45) is 4.03. The number of non-ortho nitro benzene ring substituents is 1. The molecular formula is C28H40N6O4. The molecule has 0 aliphatic carbocycles. The minimum absolute atomic E-state index is 0.00728. The molecule has 38 heavy (non-hydrogen) atoms. The van der Waals surface area contributed by atoms with E-state index in [1.54, 1.807) is 24.3 Å². The first-order chi connectivity index (χ1) is 18.1. The lowest BCUT2D eigenvalue weighted by atomic mass is 10.0. The first kappa shape index (κ1) is 29.1. The van der Waals surface area contributed by atoms with E-state index in [2.05, 4.69) is 38.0 Å². The van der Waals surface area contributed by atoms with Crippen LogP contribution in [0.3, 0.4) is 0 Å². The number of hydrogen-bond donors (Lipinski definition) is 1. The summed E-state index contributed by atoms with van der Waals surface area (Å²) in [7, 11) is 8.31. The van der Waals surface area contributed by atoms with Crippen molar-refractivity contribution in [3.05, 3.63) is 69.8 Å². The standard InChI is InChI=1S/C14H19N3O3.C14H21N3O/c1-15(2)12-7-9-16(10-8-12)14(18)11-3-5-13(6-4-11)17(19)20;1-16(2)13-7-9-17(10-8-13)14(18)11-3-5-12(15)6-4-11/h3-6,12H,7-10H2,1-2H3;3-6,13H,7-10,15H2,1-2H3. The lowest BCUT2D eigenvalue weighted by molar-refractivity contribution is -0.384. The summed E-state index contributed by atoms with van der Waals surface area (Å²) in [6.45, 7) is 3.15. The topological polar surface area (TPSA) is 116 Å². The molecule has 2 heterocycles. The quantitative estimate of drug-likeness (QED) is 0.363. The van der Waals surface area contributed by atoms with Crippen molar-refractivity contribution in [1.82, 2.24) is 19.6 Å². The molecule has 2 amide bonds. The van der Waals surface area contributed by atoms with Gasteiger partial charge in [-0.3, -0.25) is 19.7 Å². The fourth-order valence-corrected chi connectivity index (χ4v) is 4.89. The van der Waals surface area contributed by atoms with Crippen LogP contribution in [0.1, 0.15) is 46.4 Å². The third kappa shape index (κ3) is 7.75. The molecular weight excluding hydrogens is 484 g/mol. The summed E-state index contributed by atoms with van der Waals surface area (Å²) in [5.41, 5.74) is 7.57. The molecule has 10 nitrogen and oxygen atoms in total. The third-order valence-corrected chi connectivity index (χ3v) is 7.45. The van der Waals surface area contributed by atoms with Gasteiger partial charge in [0.25, 0.3) is 17.5 Å². The number of likely N-dealkylation sites (tertiary alicyclic amines) is 2. The molecule has 0 atom stereocenters. The number of hydrogen-bond acceptors (Lipinski definition) is 7. The number of amides is 2. The maximum atomic E-state index is 12.3. The Balaban J connectivity index is 0.000000212. The Morgan fingerprint density at radius 2 is 1.08 bits per heavy atom. The van der Waals surface area contributed by atoms with Gasteiger partial charge >= 0.3 is 0 Å². The second-order valence-electron chi connectivity index (χ2n) is 10.4. The van der Waals surface area contributed by atoms with Crippen LogP contribution in [0, 0.1) is 10.1 Å². The zero-order valence-corrected chi connectivity index (χ0v) is 22.9. The molecule has 0 saturated carbocycles. The third-order valence-electron chi connectivity index (χ3n) is 7.45. The van der Waals surface area contributed by atoms with Crippen molar-refractivity contribution in [3.8, 4) is 0 Å². The van der Waals surface area contributed by atoms with Gasteiger partial charge in [0, 0.05) is 67.2 Å². The van der Waals surface area contributed by atoms with Crippen LogP contribution in [0.15, 0.2) is 48.5 Å². The average molecular weight is 525 g/mol. The maximum Gasteiger partial charge on any atom is 0.269 e. The van der Waals surface area contributed by atoms with E-state index >= 15 is 0 Å². The van der Waals surface area contributed by atoms with Crippen LogP contribution >= 0.6 is 0 Å². The molecule has 2 aliphatic rings. The number of anilines is 1.